The molecule has 0 amide bonds. The molecule has 2 aromatic carbocycles. The Labute approximate surface area is 179 Å². The number of nitrogens with zero attached hydrogens (tertiary/aromatic N) is 2. The fourth-order valence-corrected chi connectivity index (χ4v) is 2.80. The van der Waals surface area contributed by atoms with Crippen molar-refractivity contribution in [3.63, 3.8) is 0 Å². The molecule has 0 radical (unpaired) electrons. The highest BCUT2D eigenvalue weighted by atomic mass is 127. The molecule has 0 saturated carbocycles. The van der Waals surface area contributed by atoms with Crippen molar-refractivity contribution >= 4 is 29.9 Å². The minimum atomic E-state index is 0. The van der Waals surface area contributed by atoms with E-state index >= 15 is 0 Å². The Morgan fingerprint density at radius 1 is 1.04 bits per heavy atom. The maximum absolute atomic E-state index is 5.39. The monoisotopic (exact) mass is 483 g/mol. The predicted molar refractivity (Wildman–Crippen MR) is 123 cm³/mol. The standard InChI is InChI=1S/C21H29N3O2.HI/c1-16-6-7-17(14-20(16)26-5)12-13-23-21(22-2)24(3)15-18-8-10-19(25-4)11-9-18;/h6-11,14H,12-13,15H2,1-5H3,(H,22,23);1H. The number of halogens is 1. The summed E-state index contributed by atoms with van der Waals surface area (Å²) in [4.78, 5) is 6.49. The number of benzene rings is 2. The molecule has 0 aliphatic heterocycles. The zero-order chi connectivity index (χ0) is 18.9. The van der Waals surface area contributed by atoms with Gasteiger partial charge in [0, 0.05) is 27.2 Å². The number of nitrogens with one attached hydrogen (secondary N) is 1. The molecule has 0 heterocycles. The smallest absolute Gasteiger partial charge is 0.193 e. The number of aliphatic imine (C=N–C) groups is 1. The lowest BCUT2D eigenvalue weighted by atomic mass is 10.1. The van der Waals surface area contributed by atoms with E-state index in [1.165, 1.54) is 11.1 Å². The molecule has 27 heavy (non-hydrogen) atoms. The molecule has 0 unspecified atom stereocenters. The van der Waals surface area contributed by atoms with Crippen molar-refractivity contribution in [3.05, 3.63) is 59.2 Å². The molecule has 5 nitrogen and oxygen atoms in total. The van der Waals surface area contributed by atoms with E-state index in [9.17, 15) is 0 Å². The van der Waals surface area contributed by atoms with Gasteiger partial charge in [-0.25, -0.2) is 0 Å². The summed E-state index contributed by atoms with van der Waals surface area (Å²) in [6, 6.07) is 14.4. The van der Waals surface area contributed by atoms with Crippen LogP contribution in [-0.4, -0.2) is 45.7 Å². The molecule has 2 aromatic rings. The molecule has 2 rings (SSSR count). The van der Waals surface area contributed by atoms with E-state index < -0.39 is 0 Å². The molecule has 0 spiro atoms. The van der Waals surface area contributed by atoms with Crippen LogP contribution in [0.3, 0.4) is 0 Å². The van der Waals surface area contributed by atoms with Gasteiger partial charge in [-0.15, -0.1) is 24.0 Å². The first-order valence-electron chi connectivity index (χ1n) is 8.75. The van der Waals surface area contributed by atoms with Gasteiger partial charge in [0.25, 0.3) is 0 Å². The number of guanidine groups is 1. The summed E-state index contributed by atoms with van der Waals surface area (Å²) in [6.45, 7) is 3.64. The molecule has 0 aromatic heterocycles. The van der Waals surface area contributed by atoms with Crippen molar-refractivity contribution in [3.8, 4) is 11.5 Å². The van der Waals surface area contributed by atoms with Crippen LogP contribution in [-0.2, 0) is 13.0 Å². The first kappa shape index (κ1) is 23.1. The van der Waals surface area contributed by atoms with Gasteiger partial charge in [-0.3, -0.25) is 4.99 Å². The second-order valence-corrected chi connectivity index (χ2v) is 6.23. The Morgan fingerprint density at radius 2 is 1.70 bits per heavy atom. The Kier molecular flexibility index (Phi) is 9.99. The maximum atomic E-state index is 5.39. The van der Waals surface area contributed by atoms with Crippen LogP contribution in [0.2, 0.25) is 0 Å². The Balaban J connectivity index is 0.00000364. The van der Waals surface area contributed by atoms with E-state index in [0.29, 0.717) is 0 Å². The molecular formula is C21H30IN3O2. The molecule has 0 aliphatic rings. The van der Waals surface area contributed by atoms with Gasteiger partial charge in [0.1, 0.15) is 11.5 Å². The second kappa shape index (κ2) is 11.7. The van der Waals surface area contributed by atoms with E-state index in [1.807, 2.05) is 26.2 Å². The molecule has 0 aliphatic carbocycles. The van der Waals surface area contributed by atoms with Crippen molar-refractivity contribution < 1.29 is 9.47 Å². The quantitative estimate of drug-likeness (QED) is 0.369. The van der Waals surface area contributed by atoms with Crippen LogP contribution < -0.4 is 14.8 Å². The van der Waals surface area contributed by atoms with Crippen LogP contribution in [0.4, 0.5) is 0 Å². The van der Waals surface area contributed by atoms with E-state index in [0.717, 1.165) is 42.5 Å². The summed E-state index contributed by atoms with van der Waals surface area (Å²) >= 11 is 0. The highest BCUT2D eigenvalue weighted by Gasteiger charge is 2.07. The van der Waals surface area contributed by atoms with E-state index in [-0.39, 0.29) is 24.0 Å². The van der Waals surface area contributed by atoms with Crippen LogP contribution in [0.25, 0.3) is 0 Å². The van der Waals surface area contributed by atoms with Crippen molar-refractivity contribution in [1.29, 1.82) is 0 Å². The average molecular weight is 483 g/mol. The van der Waals surface area contributed by atoms with Crippen LogP contribution in [0.5, 0.6) is 11.5 Å². The minimum Gasteiger partial charge on any atom is -0.497 e. The van der Waals surface area contributed by atoms with Crippen LogP contribution in [0.15, 0.2) is 47.5 Å². The van der Waals surface area contributed by atoms with Crippen molar-refractivity contribution in [1.82, 2.24) is 10.2 Å². The molecule has 148 valence electrons. The van der Waals surface area contributed by atoms with Gasteiger partial charge in [-0.05, 0) is 48.2 Å². The van der Waals surface area contributed by atoms with Gasteiger partial charge >= 0.3 is 0 Å². The minimum absolute atomic E-state index is 0. The summed E-state index contributed by atoms with van der Waals surface area (Å²) in [6.07, 6.45) is 0.909. The van der Waals surface area contributed by atoms with Crippen LogP contribution in [0, 0.1) is 6.92 Å². The number of ether oxygens (including phenoxy) is 2. The molecular weight excluding hydrogens is 453 g/mol. The average Bonchev–Trinajstić information content (AvgIpc) is 2.67. The van der Waals surface area contributed by atoms with Crippen molar-refractivity contribution in [2.75, 3.05) is 34.9 Å². The maximum Gasteiger partial charge on any atom is 0.193 e. The molecule has 6 heteroatoms. The van der Waals surface area contributed by atoms with Gasteiger partial charge in [-0.1, -0.05) is 24.3 Å². The number of hydrogen-bond acceptors (Lipinski definition) is 3. The molecule has 0 fully saturated rings. The lowest BCUT2D eigenvalue weighted by Gasteiger charge is -2.22. The summed E-state index contributed by atoms with van der Waals surface area (Å²) in [5.74, 6) is 2.68. The third-order valence-corrected chi connectivity index (χ3v) is 4.32. The number of methoxy groups -OCH3 is 2. The van der Waals surface area contributed by atoms with Crippen LogP contribution in [0.1, 0.15) is 16.7 Å². The van der Waals surface area contributed by atoms with E-state index in [2.05, 4.69) is 52.5 Å². The predicted octanol–water partition coefficient (Wildman–Crippen LogP) is 3.88. The number of rotatable bonds is 7. The molecule has 0 bridgehead atoms. The lowest BCUT2D eigenvalue weighted by molar-refractivity contribution is 0.411. The third-order valence-electron chi connectivity index (χ3n) is 4.32. The fraction of sp³-hybridized carbons (Fsp3) is 0.381. The van der Waals surface area contributed by atoms with Gasteiger partial charge in [-0.2, -0.15) is 0 Å². The first-order chi connectivity index (χ1) is 12.6. The zero-order valence-electron chi connectivity index (χ0n) is 16.8. The highest BCUT2D eigenvalue weighted by molar-refractivity contribution is 14.0. The first-order valence-corrected chi connectivity index (χ1v) is 8.75. The number of hydrogen-bond donors (Lipinski definition) is 1. The SMILES string of the molecule is CN=C(NCCc1ccc(C)c(OC)c1)N(C)Cc1ccc(OC)cc1.I. The van der Waals surface area contributed by atoms with Crippen molar-refractivity contribution in [2.24, 2.45) is 4.99 Å². The van der Waals surface area contributed by atoms with Gasteiger partial charge in [0.2, 0.25) is 0 Å². The lowest BCUT2D eigenvalue weighted by Crippen LogP contribution is -2.39. The van der Waals surface area contributed by atoms with E-state index in [1.54, 1.807) is 14.2 Å². The normalized spacial score (nSPS) is 10.8. The zero-order valence-corrected chi connectivity index (χ0v) is 19.1. The topological polar surface area (TPSA) is 46.1 Å². The fourth-order valence-electron chi connectivity index (χ4n) is 2.80. The Morgan fingerprint density at radius 3 is 2.30 bits per heavy atom. The summed E-state index contributed by atoms with van der Waals surface area (Å²) in [7, 11) is 7.23. The molecule has 0 saturated heterocycles. The second-order valence-electron chi connectivity index (χ2n) is 6.23. The van der Waals surface area contributed by atoms with Gasteiger partial charge < -0.3 is 19.7 Å². The number of aryl methyl sites for hydroxylation is 1. The Bertz CT molecular complexity index is 733. The largest absolute Gasteiger partial charge is 0.497 e. The summed E-state index contributed by atoms with van der Waals surface area (Å²) in [5.41, 5.74) is 3.60. The third kappa shape index (κ3) is 6.93. The highest BCUT2D eigenvalue weighted by Crippen LogP contribution is 2.19. The van der Waals surface area contributed by atoms with Gasteiger partial charge in [0.15, 0.2) is 5.96 Å². The van der Waals surface area contributed by atoms with Crippen LogP contribution >= 0.6 is 24.0 Å². The van der Waals surface area contributed by atoms with E-state index in [4.69, 9.17) is 9.47 Å². The van der Waals surface area contributed by atoms with Crippen molar-refractivity contribution in [2.45, 2.75) is 19.9 Å². The Hall–Kier alpha value is -1.96. The van der Waals surface area contributed by atoms with Gasteiger partial charge in [0.05, 0.1) is 14.2 Å². The summed E-state index contributed by atoms with van der Waals surface area (Å²) < 4.78 is 10.6. The summed E-state index contributed by atoms with van der Waals surface area (Å²) in [5, 5.41) is 3.42. The molecule has 0 atom stereocenters. The molecule has 1 N–H and O–H groups in total.